The van der Waals surface area contributed by atoms with Crippen molar-refractivity contribution in [1.82, 2.24) is 0 Å². The number of aromatic carboxylic acids is 1. The number of rotatable bonds is 4. The molecule has 1 aromatic rings. The molecule has 0 aliphatic rings. The summed E-state index contributed by atoms with van der Waals surface area (Å²) in [5.41, 5.74) is 0.545. The van der Waals surface area contributed by atoms with E-state index >= 15 is 0 Å². The molecule has 0 spiro atoms. The van der Waals surface area contributed by atoms with Crippen molar-refractivity contribution in [3.8, 4) is 17.2 Å². The molecule has 0 amide bonds. The lowest BCUT2D eigenvalue weighted by Crippen LogP contribution is -2.07. The SMILES string of the molecule is CCCOc1c(C)c(C)c(O)c(O)c1C(=O)O. The van der Waals surface area contributed by atoms with Crippen LogP contribution in [0.25, 0.3) is 0 Å². The summed E-state index contributed by atoms with van der Waals surface area (Å²) in [4.78, 5) is 11.1. The summed E-state index contributed by atoms with van der Waals surface area (Å²) in [5.74, 6) is -2.27. The second kappa shape index (κ2) is 4.95. The Balaban J connectivity index is 3.48. The molecular weight excluding hydrogens is 224 g/mol. The van der Waals surface area contributed by atoms with Crippen LogP contribution in [0.5, 0.6) is 17.2 Å². The number of ether oxygens (including phenoxy) is 1. The number of phenolic OH excluding ortho intramolecular Hbond substituents is 1. The molecule has 94 valence electrons. The minimum atomic E-state index is -1.33. The predicted molar refractivity (Wildman–Crippen MR) is 62.0 cm³/mol. The Hall–Kier alpha value is -1.91. The van der Waals surface area contributed by atoms with E-state index in [-0.39, 0.29) is 11.3 Å². The molecular formula is C12H16O5. The van der Waals surface area contributed by atoms with Crippen LogP contribution in [0.3, 0.4) is 0 Å². The van der Waals surface area contributed by atoms with Gasteiger partial charge in [-0.2, -0.15) is 0 Å². The number of hydrogen-bond acceptors (Lipinski definition) is 4. The highest BCUT2D eigenvalue weighted by molar-refractivity contribution is 5.96. The zero-order valence-corrected chi connectivity index (χ0v) is 10.1. The van der Waals surface area contributed by atoms with Crippen LogP contribution in [-0.2, 0) is 0 Å². The molecule has 0 atom stereocenters. The predicted octanol–water partition coefficient (Wildman–Crippen LogP) is 2.20. The highest BCUT2D eigenvalue weighted by Crippen LogP contribution is 2.42. The smallest absolute Gasteiger partial charge is 0.343 e. The Bertz CT molecular complexity index is 451. The van der Waals surface area contributed by atoms with Crippen molar-refractivity contribution in [2.75, 3.05) is 6.61 Å². The first-order valence-corrected chi connectivity index (χ1v) is 5.32. The largest absolute Gasteiger partial charge is 0.504 e. The molecule has 0 bridgehead atoms. The van der Waals surface area contributed by atoms with Crippen molar-refractivity contribution in [1.29, 1.82) is 0 Å². The van der Waals surface area contributed by atoms with Crippen LogP contribution in [0.15, 0.2) is 0 Å². The summed E-state index contributed by atoms with van der Waals surface area (Å²) in [5, 5.41) is 28.3. The summed E-state index contributed by atoms with van der Waals surface area (Å²) in [7, 11) is 0. The average molecular weight is 240 g/mol. The first kappa shape index (κ1) is 13.2. The van der Waals surface area contributed by atoms with Crippen molar-refractivity contribution in [2.45, 2.75) is 27.2 Å². The molecule has 0 aliphatic heterocycles. The summed E-state index contributed by atoms with van der Waals surface area (Å²) in [6, 6.07) is 0. The van der Waals surface area contributed by atoms with Crippen LogP contribution in [0.2, 0.25) is 0 Å². The van der Waals surface area contributed by atoms with Crippen molar-refractivity contribution >= 4 is 5.97 Å². The molecule has 1 aromatic carbocycles. The molecule has 0 fully saturated rings. The van der Waals surface area contributed by atoms with Crippen molar-refractivity contribution < 1.29 is 24.9 Å². The van der Waals surface area contributed by atoms with Crippen LogP contribution in [0.4, 0.5) is 0 Å². The molecule has 0 unspecified atom stereocenters. The monoisotopic (exact) mass is 240 g/mol. The van der Waals surface area contributed by atoms with E-state index in [0.29, 0.717) is 17.7 Å². The van der Waals surface area contributed by atoms with Crippen molar-refractivity contribution in [3.05, 3.63) is 16.7 Å². The Labute approximate surface area is 99.3 Å². The Morgan fingerprint density at radius 1 is 1.18 bits per heavy atom. The summed E-state index contributed by atoms with van der Waals surface area (Å²) in [6.45, 7) is 5.48. The second-order valence-corrected chi connectivity index (χ2v) is 3.80. The molecule has 0 heterocycles. The van der Waals surface area contributed by atoms with E-state index in [0.717, 1.165) is 6.42 Å². The number of hydrogen-bond donors (Lipinski definition) is 3. The van der Waals surface area contributed by atoms with Gasteiger partial charge in [-0.1, -0.05) is 6.92 Å². The summed E-state index contributed by atoms with van der Waals surface area (Å²) in [6.07, 6.45) is 0.721. The number of carbonyl (C=O) groups is 1. The number of aromatic hydroxyl groups is 2. The third kappa shape index (κ3) is 2.27. The molecule has 1 rings (SSSR count). The molecule has 5 nitrogen and oxygen atoms in total. The molecule has 0 aliphatic carbocycles. The molecule has 5 heteroatoms. The highest BCUT2D eigenvalue weighted by Gasteiger charge is 2.25. The van der Waals surface area contributed by atoms with Crippen LogP contribution in [-0.4, -0.2) is 27.9 Å². The Kier molecular flexibility index (Phi) is 3.83. The maximum absolute atomic E-state index is 11.1. The molecule has 3 N–H and O–H groups in total. The van der Waals surface area contributed by atoms with Crippen LogP contribution in [0.1, 0.15) is 34.8 Å². The average Bonchev–Trinajstić information content (AvgIpc) is 2.28. The lowest BCUT2D eigenvalue weighted by molar-refractivity contribution is 0.0687. The number of benzene rings is 1. The molecule has 0 radical (unpaired) electrons. The summed E-state index contributed by atoms with van der Waals surface area (Å²) >= 11 is 0. The topological polar surface area (TPSA) is 87.0 Å². The van der Waals surface area contributed by atoms with Crippen LogP contribution in [0, 0.1) is 13.8 Å². The highest BCUT2D eigenvalue weighted by atomic mass is 16.5. The third-order valence-electron chi connectivity index (χ3n) is 2.61. The van der Waals surface area contributed by atoms with Gasteiger partial charge >= 0.3 is 5.97 Å². The van der Waals surface area contributed by atoms with Gasteiger partial charge in [0.2, 0.25) is 0 Å². The van der Waals surface area contributed by atoms with E-state index < -0.39 is 17.5 Å². The number of carboxylic acid groups (broad SMARTS) is 1. The van der Waals surface area contributed by atoms with Crippen LogP contribution < -0.4 is 4.74 Å². The molecule has 17 heavy (non-hydrogen) atoms. The van der Waals surface area contributed by atoms with E-state index in [4.69, 9.17) is 9.84 Å². The summed E-state index contributed by atoms with van der Waals surface area (Å²) < 4.78 is 5.34. The van der Waals surface area contributed by atoms with Crippen LogP contribution >= 0.6 is 0 Å². The first-order valence-electron chi connectivity index (χ1n) is 5.32. The van der Waals surface area contributed by atoms with Gasteiger partial charge in [0, 0.05) is 5.56 Å². The van der Waals surface area contributed by atoms with Gasteiger partial charge in [-0.05, 0) is 25.8 Å². The van der Waals surface area contributed by atoms with E-state index in [1.165, 1.54) is 0 Å². The quantitative estimate of drug-likeness (QED) is 0.702. The Morgan fingerprint density at radius 2 is 1.76 bits per heavy atom. The van der Waals surface area contributed by atoms with E-state index in [1.807, 2.05) is 6.92 Å². The minimum absolute atomic E-state index is 0.118. The van der Waals surface area contributed by atoms with Gasteiger partial charge in [0.25, 0.3) is 0 Å². The number of carboxylic acids is 1. The molecule has 0 saturated heterocycles. The minimum Gasteiger partial charge on any atom is -0.504 e. The molecule has 0 saturated carbocycles. The van der Waals surface area contributed by atoms with Gasteiger partial charge in [-0.25, -0.2) is 4.79 Å². The standard InChI is InChI=1S/C12H16O5/c1-4-5-17-11-7(3)6(2)9(13)10(14)8(11)12(15)16/h13-14H,4-5H2,1-3H3,(H,15,16). The van der Waals surface area contributed by atoms with Crippen molar-refractivity contribution in [3.63, 3.8) is 0 Å². The van der Waals surface area contributed by atoms with Gasteiger partial charge in [0.1, 0.15) is 11.3 Å². The van der Waals surface area contributed by atoms with Crippen molar-refractivity contribution in [2.24, 2.45) is 0 Å². The molecule has 0 aromatic heterocycles. The second-order valence-electron chi connectivity index (χ2n) is 3.80. The first-order chi connectivity index (χ1) is 7.91. The zero-order chi connectivity index (χ0) is 13.2. The number of phenols is 2. The fraction of sp³-hybridized carbons (Fsp3) is 0.417. The van der Waals surface area contributed by atoms with Gasteiger partial charge < -0.3 is 20.1 Å². The van der Waals surface area contributed by atoms with E-state index in [1.54, 1.807) is 13.8 Å². The van der Waals surface area contributed by atoms with Gasteiger partial charge in [-0.3, -0.25) is 0 Å². The van der Waals surface area contributed by atoms with Gasteiger partial charge in [0.15, 0.2) is 11.5 Å². The third-order valence-corrected chi connectivity index (χ3v) is 2.61. The maximum atomic E-state index is 11.1. The Morgan fingerprint density at radius 3 is 2.24 bits per heavy atom. The lowest BCUT2D eigenvalue weighted by atomic mass is 10.0. The van der Waals surface area contributed by atoms with E-state index in [2.05, 4.69) is 0 Å². The normalized spacial score (nSPS) is 10.3. The fourth-order valence-corrected chi connectivity index (χ4v) is 1.52. The maximum Gasteiger partial charge on any atom is 0.343 e. The fourth-order valence-electron chi connectivity index (χ4n) is 1.52. The lowest BCUT2D eigenvalue weighted by Gasteiger charge is -2.16. The van der Waals surface area contributed by atoms with E-state index in [9.17, 15) is 15.0 Å². The van der Waals surface area contributed by atoms with Gasteiger partial charge in [-0.15, -0.1) is 0 Å². The van der Waals surface area contributed by atoms with Gasteiger partial charge in [0.05, 0.1) is 6.61 Å². The zero-order valence-electron chi connectivity index (χ0n) is 10.1.